The van der Waals surface area contributed by atoms with Crippen molar-refractivity contribution in [2.45, 2.75) is 6.42 Å². The number of carbonyl (C=O) groups is 2. The summed E-state index contributed by atoms with van der Waals surface area (Å²) in [7, 11) is 0. The number of aliphatic hydroxyl groups excluding tert-OH is 1. The number of amides is 2. The van der Waals surface area contributed by atoms with Gasteiger partial charge in [0.05, 0.1) is 11.1 Å². The van der Waals surface area contributed by atoms with Gasteiger partial charge in [-0.1, -0.05) is 12.1 Å². The largest absolute Gasteiger partial charge is 0.396 e. The molecule has 1 aliphatic carbocycles. The van der Waals surface area contributed by atoms with Gasteiger partial charge in [-0.25, -0.2) is 0 Å². The molecule has 2 aliphatic rings. The molecule has 0 aromatic heterocycles. The Balaban J connectivity index is 1.81. The van der Waals surface area contributed by atoms with Crippen LogP contribution in [-0.4, -0.2) is 35.0 Å². The molecule has 1 aromatic rings. The van der Waals surface area contributed by atoms with Crippen LogP contribution in [0.4, 0.5) is 0 Å². The molecule has 0 saturated heterocycles. The minimum atomic E-state index is -0.200. The molecular formula is C13H13NO3. The fourth-order valence-electron chi connectivity index (χ4n) is 2.40. The number of hydrogen-bond acceptors (Lipinski definition) is 3. The van der Waals surface area contributed by atoms with Crippen molar-refractivity contribution >= 4 is 11.8 Å². The third-order valence-electron chi connectivity index (χ3n) is 3.60. The number of imide groups is 1. The van der Waals surface area contributed by atoms with E-state index in [2.05, 4.69) is 0 Å². The lowest BCUT2D eigenvalue weighted by Crippen LogP contribution is -2.32. The van der Waals surface area contributed by atoms with Gasteiger partial charge >= 0.3 is 0 Å². The first-order valence-corrected chi connectivity index (χ1v) is 5.78. The summed E-state index contributed by atoms with van der Waals surface area (Å²) in [6, 6.07) is 6.90. The van der Waals surface area contributed by atoms with E-state index in [1.54, 1.807) is 24.3 Å². The van der Waals surface area contributed by atoms with Crippen LogP contribution in [0, 0.1) is 11.8 Å². The summed E-state index contributed by atoms with van der Waals surface area (Å²) in [5.41, 5.74) is 0.998. The lowest BCUT2D eigenvalue weighted by atomic mass is 10.1. The van der Waals surface area contributed by atoms with E-state index >= 15 is 0 Å². The van der Waals surface area contributed by atoms with E-state index in [1.807, 2.05) is 0 Å². The van der Waals surface area contributed by atoms with Crippen molar-refractivity contribution in [3.8, 4) is 0 Å². The molecule has 1 heterocycles. The number of fused-ring (bicyclic) bond motifs is 1. The maximum atomic E-state index is 12.0. The van der Waals surface area contributed by atoms with E-state index in [4.69, 9.17) is 5.11 Å². The van der Waals surface area contributed by atoms with Crippen LogP contribution < -0.4 is 0 Å². The van der Waals surface area contributed by atoms with Crippen molar-refractivity contribution in [3.05, 3.63) is 35.4 Å². The molecule has 88 valence electrons. The van der Waals surface area contributed by atoms with Crippen LogP contribution in [0.5, 0.6) is 0 Å². The van der Waals surface area contributed by atoms with Crippen LogP contribution in [0.1, 0.15) is 27.1 Å². The van der Waals surface area contributed by atoms with Crippen molar-refractivity contribution in [1.29, 1.82) is 0 Å². The number of nitrogens with zero attached hydrogens (tertiary/aromatic N) is 1. The molecule has 2 unspecified atom stereocenters. The van der Waals surface area contributed by atoms with E-state index in [1.165, 1.54) is 4.90 Å². The molecule has 2 amide bonds. The monoisotopic (exact) mass is 231 g/mol. The smallest absolute Gasteiger partial charge is 0.261 e. The molecule has 1 N–H and O–H groups in total. The Morgan fingerprint density at radius 1 is 1.12 bits per heavy atom. The van der Waals surface area contributed by atoms with Gasteiger partial charge in [-0.15, -0.1) is 0 Å². The molecule has 2 atom stereocenters. The maximum absolute atomic E-state index is 12.0. The zero-order valence-electron chi connectivity index (χ0n) is 9.30. The Morgan fingerprint density at radius 3 is 2.18 bits per heavy atom. The summed E-state index contributed by atoms with van der Waals surface area (Å²) >= 11 is 0. The standard InChI is InChI=1S/C13H13NO3/c15-7-9-5-8(9)6-14-12(16)10-3-1-2-4-11(10)13(14)17/h1-4,8-9,15H,5-7H2. The van der Waals surface area contributed by atoms with Gasteiger partial charge in [-0.05, 0) is 30.4 Å². The highest BCUT2D eigenvalue weighted by Crippen LogP contribution is 2.39. The summed E-state index contributed by atoms with van der Waals surface area (Å²) in [4.78, 5) is 25.3. The second kappa shape index (κ2) is 3.67. The van der Waals surface area contributed by atoms with Crippen molar-refractivity contribution in [3.63, 3.8) is 0 Å². The average molecular weight is 231 g/mol. The lowest BCUT2D eigenvalue weighted by molar-refractivity contribution is 0.0642. The molecular weight excluding hydrogens is 218 g/mol. The number of hydrogen-bond donors (Lipinski definition) is 1. The highest BCUT2D eigenvalue weighted by atomic mass is 16.3. The van der Waals surface area contributed by atoms with E-state index in [-0.39, 0.29) is 30.3 Å². The van der Waals surface area contributed by atoms with E-state index in [0.29, 0.717) is 17.7 Å². The second-order valence-electron chi connectivity index (χ2n) is 4.70. The number of benzene rings is 1. The summed E-state index contributed by atoms with van der Waals surface area (Å²) in [6.07, 6.45) is 0.907. The van der Waals surface area contributed by atoms with Crippen LogP contribution >= 0.6 is 0 Å². The highest BCUT2D eigenvalue weighted by Gasteiger charge is 2.43. The minimum Gasteiger partial charge on any atom is -0.396 e. The number of rotatable bonds is 3. The predicted octanol–water partition coefficient (Wildman–Crippen LogP) is 0.911. The molecule has 0 spiro atoms. The average Bonchev–Trinajstić information content (AvgIpc) is 3.08. The molecule has 1 aromatic carbocycles. The fourth-order valence-corrected chi connectivity index (χ4v) is 2.40. The Kier molecular flexibility index (Phi) is 2.26. The Labute approximate surface area is 98.9 Å². The van der Waals surface area contributed by atoms with Crippen molar-refractivity contribution < 1.29 is 14.7 Å². The summed E-state index contributed by atoms with van der Waals surface area (Å²) < 4.78 is 0. The molecule has 17 heavy (non-hydrogen) atoms. The highest BCUT2D eigenvalue weighted by molar-refractivity contribution is 6.21. The third kappa shape index (κ3) is 1.56. The Morgan fingerprint density at radius 2 is 1.71 bits per heavy atom. The molecule has 4 nitrogen and oxygen atoms in total. The minimum absolute atomic E-state index is 0.147. The molecule has 0 radical (unpaired) electrons. The fraction of sp³-hybridized carbons (Fsp3) is 0.385. The van der Waals surface area contributed by atoms with Gasteiger partial charge in [-0.2, -0.15) is 0 Å². The van der Waals surface area contributed by atoms with Gasteiger partial charge in [-0.3, -0.25) is 14.5 Å². The first-order chi connectivity index (χ1) is 8.22. The van der Waals surface area contributed by atoms with Crippen LogP contribution in [0.15, 0.2) is 24.3 Å². The second-order valence-corrected chi connectivity index (χ2v) is 4.70. The molecule has 1 aliphatic heterocycles. The summed E-state index contributed by atoms with van der Waals surface area (Å²) in [5, 5.41) is 8.97. The van der Waals surface area contributed by atoms with Crippen LogP contribution in [0.25, 0.3) is 0 Å². The summed E-state index contributed by atoms with van der Waals surface area (Å²) in [6.45, 7) is 0.589. The first-order valence-electron chi connectivity index (χ1n) is 5.78. The van der Waals surface area contributed by atoms with Gasteiger partial charge in [0, 0.05) is 13.2 Å². The van der Waals surface area contributed by atoms with Crippen molar-refractivity contribution in [1.82, 2.24) is 4.90 Å². The van der Waals surface area contributed by atoms with Crippen LogP contribution in [0.2, 0.25) is 0 Å². The Hall–Kier alpha value is -1.68. The zero-order valence-corrected chi connectivity index (χ0v) is 9.30. The van der Waals surface area contributed by atoms with E-state index in [9.17, 15) is 9.59 Å². The molecule has 4 heteroatoms. The molecule has 1 fully saturated rings. The van der Waals surface area contributed by atoms with Crippen molar-refractivity contribution in [2.24, 2.45) is 11.8 Å². The predicted molar refractivity (Wildman–Crippen MR) is 60.5 cm³/mol. The summed E-state index contributed by atoms with van der Waals surface area (Å²) in [5.74, 6) is 0.143. The van der Waals surface area contributed by atoms with Gasteiger partial charge < -0.3 is 5.11 Å². The van der Waals surface area contributed by atoms with E-state index in [0.717, 1.165) is 6.42 Å². The number of carbonyl (C=O) groups excluding carboxylic acids is 2. The van der Waals surface area contributed by atoms with E-state index < -0.39 is 0 Å². The first kappa shape index (κ1) is 10.5. The van der Waals surface area contributed by atoms with Gasteiger partial charge in [0.25, 0.3) is 11.8 Å². The van der Waals surface area contributed by atoms with Crippen molar-refractivity contribution in [2.75, 3.05) is 13.2 Å². The molecule has 1 saturated carbocycles. The molecule has 3 rings (SSSR count). The van der Waals surface area contributed by atoms with Crippen LogP contribution in [-0.2, 0) is 0 Å². The topological polar surface area (TPSA) is 57.6 Å². The lowest BCUT2D eigenvalue weighted by Gasteiger charge is -2.13. The van der Waals surface area contributed by atoms with Gasteiger partial charge in [0.15, 0.2) is 0 Å². The SMILES string of the molecule is O=C1c2ccccc2C(=O)N1CC1CC1CO. The van der Waals surface area contributed by atoms with Crippen LogP contribution in [0.3, 0.4) is 0 Å². The van der Waals surface area contributed by atoms with Gasteiger partial charge in [0.2, 0.25) is 0 Å². The Bertz CT molecular complexity index is 462. The quantitative estimate of drug-likeness (QED) is 0.787. The zero-order chi connectivity index (χ0) is 12.0. The normalized spacial score (nSPS) is 26.3. The van der Waals surface area contributed by atoms with Gasteiger partial charge in [0.1, 0.15) is 0 Å². The third-order valence-corrected chi connectivity index (χ3v) is 3.60. The molecule has 0 bridgehead atoms. The maximum Gasteiger partial charge on any atom is 0.261 e. The number of aliphatic hydroxyl groups is 1.